The molecule has 0 aliphatic carbocycles. The molecule has 5 heterocycles. The molecule has 3 saturated heterocycles. The summed E-state index contributed by atoms with van der Waals surface area (Å²) in [6.07, 6.45) is -0.270. The van der Waals surface area contributed by atoms with Gasteiger partial charge < -0.3 is 25.4 Å². The summed E-state index contributed by atoms with van der Waals surface area (Å²) < 4.78 is 45.0. The van der Waals surface area contributed by atoms with Crippen LogP contribution in [0.4, 0.5) is 19.0 Å². The van der Waals surface area contributed by atoms with Crippen LogP contribution in [-0.2, 0) is 4.74 Å². The van der Waals surface area contributed by atoms with E-state index < -0.39 is 30.3 Å². The third-order valence-corrected chi connectivity index (χ3v) is 8.65. The van der Waals surface area contributed by atoms with Crippen molar-refractivity contribution in [2.75, 3.05) is 18.5 Å². The van der Waals surface area contributed by atoms with Crippen LogP contribution in [0.5, 0.6) is 0 Å². The zero-order valence-corrected chi connectivity index (χ0v) is 21.9. The number of pyridine rings is 1. The molecule has 2 bridgehead atoms. The van der Waals surface area contributed by atoms with Gasteiger partial charge in [-0.1, -0.05) is 6.92 Å². The van der Waals surface area contributed by atoms with Crippen molar-refractivity contribution in [3.05, 3.63) is 28.5 Å². The van der Waals surface area contributed by atoms with Gasteiger partial charge in [-0.3, -0.25) is 9.59 Å². The second-order valence-electron chi connectivity index (χ2n) is 10.1. The van der Waals surface area contributed by atoms with Gasteiger partial charge in [0.1, 0.15) is 17.6 Å². The minimum absolute atomic E-state index is 0.0544. The average Bonchev–Trinajstić information content (AvgIpc) is 3.66. The Morgan fingerprint density at radius 1 is 1.24 bits per heavy atom. The van der Waals surface area contributed by atoms with E-state index in [-0.39, 0.29) is 54.1 Å². The number of alkyl halides is 3. The summed E-state index contributed by atoms with van der Waals surface area (Å²) >= 11 is 1.02. The summed E-state index contributed by atoms with van der Waals surface area (Å²) in [6.45, 7) is 3.45. The van der Waals surface area contributed by atoms with E-state index in [1.165, 1.54) is 19.2 Å². The normalized spacial score (nSPS) is 25.6. The molecular formula is C25H30F3N5O4S. The summed E-state index contributed by atoms with van der Waals surface area (Å²) in [4.78, 5) is 37.7. The van der Waals surface area contributed by atoms with Gasteiger partial charge in [-0.05, 0) is 50.7 Å². The van der Waals surface area contributed by atoms with Gasteiger partial charge in [-0.25, -0.2) is 9.97 Å². The van der Waals surface area contributed by atoms with Crippen molar-refractivity contribution >= 4 is 29.0 Å². The van der Waals surface area contributed by atoms with Crippen LogP contribution in [0.2, 0.25) is 0 Å². The smallest absolute Gasteiger partial charge is 0.388 e. The first-order valence-corrected chi connectivity index (χ1v) is 13.6. The lowest BCUT2D eigenvalue weighted by atomic mass is 10.0. The molecule has 5 rings (SSSR count). The number of rotatable bonds is 7. The lowest BCUT2D eigenvalue weighted by Crippen LogP contribution is -2.42. The number of halogens is 3. The summed E-state index contributed by atoms with van der Waals surface area (Å²) in [7, 11) is 0. The number of aliphatic hydroxyl groups excluding tert-OH is 1. The molecule has 3 atom stereocenters. The fourth-order valence-corrected chi connectivity index (χ4v) is 6.52. The van der Waals surface area contributed by atoms with Gasteiger partial charge in [0.05, 0.1) is 30.2 Å². The summed E-state index contributed by atoms with van der Waals surface area (Å²) in [5.41, 5.74) is 1.24. The van der Waals surface area contributed by atoms with E-state index in [1.54, 1.807) is 6.92 Å². The number of aryl methyl sites for hydroxylation is 1. The molecule has 13 heteroatoms. The van der Waals surface area contributed by atoms with Crippen LogP contribution in [0, 0.1) is 6.92 Å². The van der Waals surface area contributed by atoms with Crippen molar-refractivity contribution in [2.45, 2.75) is 82.4 Å². The number of anilines is 1. The second-order valence-corrected chi connectivity index (χ2v) is 11.1. The Kier molecular flexibility index (Phi) is 7.35. The number of hydrogen-bond donors (Lipinski definition) is 3. The minimum atomic E-state index is -4.42. The maximum absolute atomic E-state index is 13.7. The quantitative estimate of drug-likeness (QED) is 0.480. The maximum atomic E-state index is 13.7. The number of fused-ring (bicyclic) bond motifs is 2. The molecule has 9 nitrogen and oxygen atoms in total. The van der Waals surface area contributed by atoms with Gasteiger partial charge in [0.25, 0.3) is 11.8 Å². The van der Waals surface area contributed by atoms with E-state index >= 15 is 0 Å². The van der Waals surface area contributed by atoms with Gasteiger partial charge in [0.15, 0.2) is 5.01 Å². The molecule has 0 unspecified atom stereocenters. The van der Waals surface area contributed by atoms with Crippen molar-refractivity contribution in [1.82, 2.24) is 20.2 Å². The largest absolute Gasteiger partial charge is 0.408 e. The zero-order chi connectivity index (χ0) is 27.2. The van der Waals surface area contributed by atoms with Gasteiger partial charge >= 0.3 is 6.18 Å². The summed E-state index contributed by atoms with van der Waals surface area (Å²) in [5.74, 6) is -0.720. The number of nitrogens with zero attached hydrogens (tertiary/aromatic N) is 3. The van der Waals surface area contributed by atoms with Gasteiger partial charge in [-0.15, -0.1) is 11.3 Å². The molecule has 2 aromatic heterocycles. The number of thiazole rings is 1. The Hall–Kier alpha value is -2.77. The topological polar surface area (TPSA) is 117 Å². The zero-order valence-electron chi connectivity index (χ0n) is 21.0. The standard InChI is InChI=1S/C25H30F3N5O4S/c1-3-18(25(26,27)28)31-19-8-12(2)15(9-29-19)21-20(24(36)33-13-4-5-14(33)7-6-13)32-23(38-21)22(35)30-16-10-37-11-17(16)34/h8-9,13-14,16-18,34H,3-7,10-11H2,1-2H3,(H,29,31)(H,30,35)/t13?,14?,16-,17-,18-/m0/s1. The number of carbonyl (C=O) groups is 2. The van der Waals surface area contributed by atoms with Gasteiger partial charge in [0.2, 0.25) is 0 Å². The van der Waals surface area contributed by atoms with Crippen LogP contribution in [0.15, 0.2) is 12.3 Å². The first kappa shape index (κ1) is 26.8. The molecule has 2 amide bonds. The monoisotopic (exact) mass is 553 g/mol. The van der Waals surface area contributed by atoms with Crippen molar-refractivity contribution < 1.29 is 32.6 Å². The molecule has 3 aliphatic heterocycles. The fraction of sp³-hybridized carbons (Fsp3) is 0.600. The Morgan fingerprint density at radius 2 is 1.92 bits per heavy atom. The number of amides is 2. The molecule has 0 saturated carbocycles. The fourth-order valence-electron chi connectivity index (χ4n) is 5.49. The lowest BCUT2D eigenvalue weighted by molar-refractivity contribution is -0.142. The number of aromatic nitrogens is 2. The van der Waals surface area contributed by atoms with Crippen LogP contribution >= 0.6 is 11.3 Å². The highest BCUT2D eigenvalue weighted by atomic mass is 32.1. The second kappa shape index (κ2) is 10.4. The van der Waals surface area contributed by atoms with Crippen molar-refractivity contribution in [2.24, 2.45) is 0 Å². The first-order valence-electron chi connectivity index (χ1n) is 12.8. The molecule has 38 heavy (non-hydrogen) atoms. The Labute approximate surface area is 221 Å². The van der Waals surface area contributed by atoms with Crippen molar-refractivity contribution in [3.63, 3.8) is 0 Å². The van der Waals surface area contributed by atoms with E-state index in [4.69, 9.17) is 4.74 Å². The number of carbonyl (C=O) groups excluding carboxylic acids is 2. The van der Waals surface area contributed by atoms with E-state index in [0.29, 0.717) is 16.0 Å². The van der Waals surface area contributed by atoms with E-state index in [2.05, 4.69) is 20.6 Å². The number of nitrogens with one attached hydrogen (secondary N) is 2. The molecular weight excluding hydrogens is 523 g/mol. The molecule has 0 spiro atoms. The highest BCUT2D eigenvalue weighted by molar-refractivity contribution is 7.17. The van der Waals surface area contributed by atoms with Gasteiger partial charge in [0, 0.05) is 23.8 Å². The van der Waals surface area contributed by atoms with Crippen LogP contribution < -0.4 is 10.6 Å². The Bertz CT molecular complexity index is 1200. The van der Waals surface area contributed by atoms with Crippen LogP contribution in [0.3, 0.4) is 0 Å². The third kappa shape index (κ3) is 5.10. The number of aliphatic hydroxyl groups is 1. The number of ether oxygens (including phenoxy) is 1. The number of hydrogen-bond acceptors (Lipinski definition) is 8. The summed E-state index contributed by atoms with van der Waals surface area (Å²) in [5, 5.41) is 15.2. The Balaban J connectivity index is 1.48. The molecule has 0 aromatic carbocycles. The predicted octanol–water partition coefficient (Wildman–Crippen LogP) is 3.52. The maximum Gasteiger partial charge on any atom is 0.408 e. The third-order valence-electron chi connectivity index (χ3n) is 7.56. The Morgan fingerprint density at radius 3 is 2.47 bits per heavy atom. The molecule has 0 radical (unpaired) electrons. The predicted molar refractivity (Wildman–Crippen MR) is 134 cm³/mol. The van der Waals surface area contributed by atoms with Crippen LogP contribution in [-0.4, -0.2) is 81.5 Å². The van der Waals surface area contributed by atoms with Crippen molar-refractivity contribution in [1.29, 1.82) is 0 Å². The highest BCUT2D eigenvalue weighted by Gasteiger charge is 2.44. The lowest BCUT2D eigenvalue weighted by Gasteiger charge is -2.22. The van der Waals surface area contributed by atoms with Crippen LogP contribution in [0.25, 0.3) is 10.4 Å². The average molecular weight is 554 g/mol. The summed E-state index contributed by atoms with van der Waals surface area (Å²) in [6, 6.07) is -0.536. The minimum Gasteiger partial charge on any atom is -0.388 e. The van der Waals surface area contributed by atoms with E-state index in [1.807, 2.05) is 4.90 Å². The molecule has 3 fully saturated rings. The SMILES string of the molecule is CC[C@H](Nc1cc(C)c(-c2sc(C(=O)N[C@H]3COC[C@@H]3O)nc2C(=O)N2C3CCC2CC3)cn1)C(F)(F)F. The highest BCUT2D eigenvalue weighted by Crippen LogP contribution is 2.41. The van der Waals surface area contributed by atoms with Gasteiger partial charge in [-0.2, -0.15) is 13.2 Å². The van der Waals surface area contributed by atoms with E-state index in [9.17, 15) is 27.9 Å². The van der Waals surface area contributed by atoms with Crippen LogP contribution in [0.1, 0.15) is 64.9 Å². The molecule has 206 valence electrons. The van der Waals surface area contributed by atoms with E-state index in [0.717, 1.165) is 37.0 Å². The molecule has 3 N–H and O–H groups in total. The molecule has 2 aromatic rings. The first-order chi connectivity index (χ1) is 18.1. The van der Waals surface area contributed by atoms with Crippen molar-refractivity contribution in [3.8, 4) is 10.4 Å². The molecule has 3 aliphatic rings.